The van der Waals surface area contributed by atoms with Gasteiger partial charge in [-0.3, -0.25) is 0 Å². The van der Waals surface area contributed by atoms with Crippen LogP contribution >= 0.6 is 22.7 Å². The molecule has 0 saturated carbocycles. The summed E-state index contributed by atoms with van der Waals surface area (Å²) in [6.07, 6.45) is 0. The monoisotopic (exact) mass is 1030 g/mol. The van der Waals surface area contributed by atoms with E-state index in [0.29, 0.717) is 10.9 Å². The Morgan fingerprint density at radius 1 is 0.269 bits per heavy atom. The second-order valence-electron chi connectivity index (χ2n) is 20.0. The van der Waals surface area contributed by atoms with Crippen molar-refractivity contribution in [1.29, 1.82) is 0 Å². The standard InChI is InChI=1S/C40H25NS.C34H21NS/c1-4-12-26(13-5-1)28-21-23-36-34(24-28)38-37-33-22-20-29(27-14-6-2-7-15-27)25-35(33)41(30-16-8-3-9-17-30)39(37)31-18-10-11-19-32(31)40(38)42-36;1-3-11-22(12-4-1)23-19-20-30-28(21-23)32-31-27-17-9-10-18-29(27)35(24-13-5-2-6-14-24)33(31)25-15-7-8-16-26(25)34(32)36-30/h1-25H;1-21H/i;9D,10D,17D,18D. The summed E-state index contributed by atoms with van der Waals surface area (Å²) >= 11 is 3.65. The van der Waals surface area contributed by atoms with Gasteiger partial charge in [-0.15, -0.1) is 22.7 Å². The van der Waals surface area contributed by atoms with E-state index in [1.54, 1.807) is 11.3 Å². The first-order valence-corrected chi connectivity index (χ1v) is 28.0. The number of fused-ring (bicyclic) bond motifs is 20. The summed E-state index contributed by atoms with van der Waals surface area (Å²) in [7, 11) is 0. The number of hydrogen-bond donors (Lipinski definition) is 0. The molecule has 2 nitrogen and oxygen atoms in total. The highest BCUT2D eigenvalue weighted by Crippen LogP contribution is 2.51. The van der Waals surface area contributed by atoms with Gasteiger partial charge in [0.25, 0.3) is 0 Å². The predicted molar refractivity (Wildman–Crippen MR) is 339 cm³/mol. The Bertz CT molecular complexity index is 5420. The zero-order valence-corrected chi connectivity index (χ0v) is 43.6. The van der Waals surface area contributed by atoms with Crippen LogP contribution in [-0.2, 0) is 0 Å². The second kappa shape index (κ2) is 18.0. The Kier molecular flexibility index (Phi) is 9.41. The summed E-state index contributed by atoms with van der Waals surface area (Å²) < 4.78 is 44.8. The second-order valence-corrected chi connectivity index (χ2v) is 22.1. The zero-order valence-electron chi connectivity index (χ0n) is 46.0. The van der Waals surface area contributed by atoms with E-state index in [4.69, 9.17) is 5.48 Å². The average molecular weight is 1030 g/mol. The summed E-state index contributed by atoms with van der Waals surface area (Å²) in [6, 6.07) is 89.8. The molecular formula is C74H46N2S2. The van der Waals surface area contributed by atoms with Crippen LogP contribution in [-0.4, -0.2) is 9.13 Å². The van der Waals surface area contributed by atoms with Gasteiger partial charge in [0.15, 0.2) is 0 Å². The van der Waals surface area contributed by atoms with E-state index >= 15 is 0 Å². The molecule has 0 amide bonds. The molecule has 17 aromatic rings. The SMILES string of the molecule is [2H]c1c([2H])c([2H])c2c(c1[2H])c1c3c4cc(-c5ccccc5)ccc4sc3c3ccccc3c1n2-c1ccccc1.c1ccc(-c2ccc3sc4c5ccccc5c5c(c6ccc(-c7ccccc7)cc6n5-c5ccccc5)c4c3c2)cc1. The lowest BCUT2D eigenvalue weighted by Gasteiger charge is -2.11. The minimum absolute atomic E-state index is 0.00849. The molecule has 0 atom stereocenters. The number of aromatic nitrogens is 2. The van der Waals surface area contributed by atoms with Crippen molar-refractivity contribution >= 4 is 128 Å². The molecule has 364 valence electrons. The summed E-state index contributed by atoms with van der Waals surface area (Å²) in [4.78, 5) is 0. The van der Waals surface area contributed by atoms with Gasteiger partial charge in [0.2, 0.25) is 0 Å². The highest BCUT2D eigenvalue weighted by Gasteiger charge is 2.24. The Labute approximate surface area is 463 Å². The fourth-order valence-electron chi connectivity index (χ4n) is 12.2. The summed E-state index contributed by atoms with van der Waals surface area (Å²) in [5.74, 6) is 0. The van der Waals surface area contributed by atoms with E-state index in [1.165, 1.54) is 80.7 Å². The van der Waals surface area contributed by atoms with Gasteiger partial charge in [-0.2, -0.15) is 0 Å². The Balaban J connectivity index is 0.000000135. The van der Waals surface area contributed by atoms with Crippen molar-refractivity contribution < 1.29 is 5.48 Å². The first kappa shape index (κ1) is 40.7. The van der Waals surface area contributed by atoms with Gasteiger partial charge >= 0.3 is 0 Å². The zero-order chi connectivity index (χ0) is 54.7. The number of nitrogens with zero attached hydrogens (tertiary/aromatic N) is 2. The quantitative estimate of drug-likeness (QED) is 0.163. The van der Waals surface area contributed by atoms with Crippen LogP contribution in [0.5, 0.6) is 0 Å². The smallest absolute Gasteiger partial charge is 0.0645 e. The van der Waals surface area contributed by atoms with Gasteiger partial charge in [0.1, 0.15) is 0 Å². The van der Waals surface area contributed by atoms with Crippen LogP contribution in [0.1, 0.15) is 5.48 Å². The van der Waals surface area contributed by atoms with Crippen LogP contribution in [0.25, 0.3) is 150 Å². The van der Waals surface area contributed by atoms with Crippen molar-refractivity contribution in [3.05, 3.63) is 279 Å². The summed E-state index contributed by atoms with van der Waals surface area (Å²) in [5.41, 5.74) is 13.2. The fourth-order valence-corrected chi connectivity index (χ4v) is 14.7. The van der Waals surface area contributed by atoms with Gasteiger partial charge < -0.3 is 9.13 Å². The Hall–Kier alpha value is -9.58. The molecule has 4 heteroatoms. The maximum Gasteiger partial charge on any atom is 0.0645 e. The fraction of sp³-hybridized carbons (Fsp3) is 0. The molecule has 0 spiro atoms. The molecule has 0 N–H and O–H groups in total. The van der Waals surface area contributed by atoms with E-state index in [-0.39, 0.29) is 24.2 Å². The van der Waals surface area contributed by atoms with E-state index in [9.17, 15) is 0 Å². The minimum atomic E-state index is -0.223. The number of hydrogen-bond acceptors (Lipinski definition) is 2. The highest BCUT2D eigenvalue weighted by atomic mass is 32.1. The van der Waals surface area contributed by atoms with Crippen LogP contribution in [0.15, 0.2) is 279 Å². The lowest BCUT2D eigenvalue weighted by Crippen LogP contribution is -1.94. The molecule has 4 aromatic heterocycles. The van der Waals surface area contributed by atoms with Crippen molar-refractivity contribution in [2.24, 2.45) is 0 Å². The third-order valence-corrected chi connectivity index (χ3v) is 18.1. The first-order chi connectivity index (χ1) is 40.4. The molecule has 0 unspecified atom stereocenters. The van der Waals surface area contributed by atoms with E-state index in [0.717, 1.165) is 58.7 Å². The number of rotatable bonds is 5. The molecule has 0 bridgehead atoms. The third-order valence-electron chi connectivity index (χ3n) is 15.6. The molecule has 0 aliphatic heterocycles. The van der Waals surface area contributed by atoms with Crippen molar-refractivity contribution in [2.45, 2.75) is 0 Å². The van der Waals surface area contributed by atoms with Gasteiger partial charge in [0.05, 0.1) is 27.5 Å². The van der Waals surface area contributed by atoms with Crippen LogP contribution in [0.4, 0.5) is 0 Å². The van der Waals surface area contributed by atoms with Gasteiger partial charge in [-0.1, -0.05) is 218 Å². The van der Waals surface area contributed by atoms with Crippen LogP contribution < -0.4 is 0 Å². The molecule has 4 heterocycles. The Morgan fingerprint density at radius 2 is 0.654 bits per heavy atom. The van der Waals surface area contributed by atoms with E-state index in [2.05, 4.69) is 205 Å². The molecule has 0 aliphatic carbocycles. The van der Waals surface area contributed by atoms with Crippen LogP contribution in [0.2, 0.25) is 0 Å². The van der Waals surface area contributed by atoms with Gasteiger partial charge in [-0.05, 0) is 94.0 Å². The average Bonchev–Trinajstić information content (AvgIpc) is 2.80. The maximum atomic E-state index is 9.10. The lowest BCUT2D eigenvalue weighted by atomic mass is 9.97. The van der Waals surface area contributed by atoms with Gasteiger partial charge in [0, 0.05) is 94.8 Å². The lowest BCUT2D eigenvalue weighted by molar-refractivity contribution is 1.19. The molecule has 17 rings (SSSR count). The summed E-state index contributed by atoms with van der Waals surface area (Å²) in [6.45, 7) is 0. The maximum absolute atomic E-state index is 9.10. The highest BCUT2D eigenvalue weighted by molar-refractivity contribution is 7.27. The molecule has 0 radical (unpaired) electrons. The first-order valence-electron chi connectivity index (χ1n) is 28.3. The number of para-hydroxylation sites is 3. The normalized spacial score (nSPS) is 12.6. The molecular weight excluding hydrogens is 981 g/mol. The van der Waals surface area contributed by atoms with Crippen molar-refractivity contribution in [1.82, 2.24) is 9.13 Å². The molecule has 0 fully saturated rings. The topological polar surface area (TPSA) is 9.86 Å². The third kappa shape index (κ3) is 6.94. The Morgan fingerprint density at radius 3 is 1.14 bits per heavy atom. The largest absolute Gasteiger partial charge is 0.309 e. The summed E-state index contributed by atoms with van der Waals surface area (Å²) in [5, 5.41) is 13.6. The minimum Gasteiger partial charge on any atom is -0.309 e. The van der Waals surface area contributed by atoms with Crippen LogP contribution in [0.3, 0.4) is 0 Å². The van der Waals surface area contributed by atoms with Crippen molar-refractivity contribution in [2.75, 3.05) is 0 Å². The van der Waals surface area contributed by atoms with E-state index in [1.807, 2.05) is 70.5 Å². The molecule has 0 saturated heterocycles. The predicted octanol–water partition coefficient (Wildman–Crippen LogP) is 21.6. The van der Waals surface area contributed by atoms with E-state index < -0.39 is 0 Å². The van der Waals surface area contributed by atoms with Gasteiger partial charge in [-0.25, -0.2) is 0 Å². The van der Waals surface area contributed by atoms with Crippen molar-refractivity contribution in [3.63, 3.8) is 0 Å². The molecule has 13 aromatic carbocycles. The van der Waals surface area contributed by atoms with Crippen molar-refractivity contribution in [3.8, 4) is 44.8 Å². The number of thiophene rings is 2. The molecule has 0 aliphatic rings. The molecule has 78 heavy (non-hydrogen) atoms. The van der Waals surface area contributed by atoms with Crippen LogP contribution in [0, 0.1) is 0 Å². The number of benzene rings is 13.